The maximum absolute atomic E-state index is 5.79. The second kappa shape index (κ2) is 5.39. The number of benzene rings is 1. The number of rotatable bonds is 4. The van der Waals surface area contributed by atoms with Gasteiger partial charge in [-0.25, -0.2) is 0 Å². The average Bonchev–Trinajstić information content (AvgIpc) is 3.05. The Morgan fingerprint density at radius 1 is 1.06 bits per heavy atom. The standard InChI is InChI=1S/C14H15NO.ClH/c1-2-4-11(5-3-1)14-9-8-13(16-14)10-15-12-6-7-12;/h1-5,8-9,12,15H,6-7,10H2;1H/p-1. The molecule has 2 aromatic rings. The summed E-state index contributed by atoms with van der Waals surface area (Å²) < 4.78 is 5.79. The van der Waals surface area contributed by atoms with Crippen molar-refractivity contribution in [1.29, 1.82) is 0 Å². The third kappa shape index (κ3) is 3.11. The Morgan fingerprint density at radius 3 is 2.53 bits per heavy atom. The molecule has 0 atom stereocenters. The van der Waals surface area contributed by atoms with Gasteiger partial charge in [0.2, 0.25) is 0 Å². The van der Waals surface area contributed by atoms with Gasteiger partial charge in [-0.3, -0.25) is 0 Å². The molecule has 1 aliphatic rings. The fourth-order valence-corrected chi connectivity index (χ4v) is 1.76. The zero-order valence-corrected chi connectivity index (χ0v) is 10.3. The first-order valence-electron chi connectivity index (χ1n) is 5.79. The molecule has 2 nitrogen and oxygen atoms in total. The highest BCUT2D eigenvalue weighted by atomic mass is 35.5. The lowest BCUT2D eigenvalue weighted by Crippen LogP contribution is -3.00. The summed E-state index contributed by atoms with van der Waals surface area (Å²) >= 11 is 0. The largest absolute Gasteiger partial charge is 1.00 e. The van der Waals surface area contributed by atoms with E-state index in [0.29, 0.717) is 0 Å². The molecule has 1 heterocycles. The van der Waals surface area contributed by atoms with Gasteiger partial charge in [-0.15, -0.1) is 0 Å². The fourth-order valence-electron chi connectivity index (χ4n) is 1.76. The fraction of sp³-hybridized carbons (Fsp3) is 0.286. The topological polar surface area (TPSA) is 25.2 Å². The zero-order chi connectivity index (χ0) is 10.8. The molecule has 0 unspecified atom stereocenters. The molecule has 3 heteroatoms. The van der Waals surface area contributed by atoms with Gasteiger partial charge in [0.25, 0.3) is 0 Å². The molecule has 3 rings (SSSR count). The molecule has 1 N–H and O–H groups in total. The van der Waals surface area contributed by atoms with Crippen molar-refractivity contribution in [2.75, 3.05) is 0 Å². The smallest absolute Gasteiger partial charge is 0.134 e. The average molecular weight is 249 g/mol. The highest BCUT2D eigenvalue weighted by Gasteiger charge is 2.20. The van der Waals surface area contributed by atoms with Crippen LogP contribution >= 0.6 is 0 Å². The van der Waals surface area contributed by atoms with Crippen molar-refractivity contribution < 1.29 is 16.8 Å². The van der Waals surface area contributed by atoms with E-state index in [1.807, 2.05) is 24.3 Å². The number of hydrogen-bond acceptors (Lipinski definition) is 2. The molecule has 1 saturated carbocycles. The van der Waals surface area contributed by atoms with Gasteiger partial charge < -0.3 is 22.1 Å². The lowest BCUT2D eigenvalue weighted by molar-refractivity contribution is -0.00000380. The van der Waals surface area contributed by atoms with Crippen LogP contribution in [-0.2, 0) is 6.54 Å². The third-order valence-corrected chi connectivity index (χ3v) is 2.86. The molecule has 1 aromatic carbocycles. The normalized spacial score (nSPS) is 14.4. The minimum atomic E-state index is 0. The van der Waals surface area contributed by atoms with Crippen molar-refractivity contribution in [2.24, 2.45) is 0 Å². The van der Waals surface area contributed by atoms with Crippen LogP contribution in [0.4, 0.5) is 0 Å². The summed E-state index contributed by atoms with van der Waals surface area (Å²) in [5, 5.41) is 3.44. The van der Waals surface area contributed by atoms with Crippen molar-refractivity contribution in [3.8, 4) is 11.3 Å². The minimum absolute atomic E-state index is 0. The van der Waals surface area contributed by atoms with Gasteiger partial charge in [0, 0.05) is 11.6 Å². The molecule has 1 aliphatic carbocycles. The van der Waals surface area contributed by atoms with Crippen LogP contribution in [0, 0.1) is 0 Å². The summed E-state index contributed by atoms with van der Waals surface area (Å²) in [5.74, 6) is 1.97. The highest BCUT2D eigenvalue weighted by molar-refractivity contribution is 5.57. The van der Waals surface area contributed by atoms with Crippen LogP contribution in [0.5, 0.6) is 0 Å². The monoisotopic (exact) mass is 248 g/mol. The summed E-state index contributed by atoms with van der Waals surface area (Å²) in [4.78, 5) is 0. The Labute approximate surface area is 107 Å². The molecule has 0 spiro atoms. The molecule has 17 heavy (non-hydrogen) atoms. The van der Waals surface area contributed by atoms with Gasteiger partial charge in [-0.2, -0.15) is 0 Å². The van der Waals surface area contributed by atoms with Gasteiger partial charge in [0.05, 0.1) is 6.54 Å². The first-order chi connectivity index (χ1) is 7.92. The molecular formula is C14H15ClNO-. The molecule has 1 fully saturated rings. The molecule has 0 saturated heterocycles. The molecule has 90 valence electrons. The van der Waals surface area contributed by atoms with Crippen molar-refractivity contribution in [1.82, 2.24) is 5.32 Å². The highest BCUT2D eigenvalue weighted by Crippen LogP contribution is 2.23. The predicted octanol–water partition coefficient (Wildman–Crippen LogP) is 0.203. The number of hydrogen-bond donors (Lipinski definition) is 1. The number of nitrogens with one attached hydrogen (secondary N) is 1. The van der Waals surface area contributed by atoms with Crippen LogP contribution in [0.3, 0.4) is 0 Å². The van der Waals surface area contributed by atoms with Gasteiger partial charge in [0.1, 0.15) is 11.5 Å². The summed E-state index contributed by atoms with van der Waals surface area (Å²) in [6, 6.07) is 15.0. The van der Waals surface area contributed by atoms with E-state index in [-0.39, 0.29) is 12.4 Å². The molecule has 0 bridgehead atoms. The van der Waals surface area contributed by atoms with Crippen LogP contribution in [0.2, 0.25) is 0 Å². The van der Waals surface area contributed by atoms with E-state index in [9.17, 15) is 0 Å². The predicted molar refractivity (Wildman–Crippen MR) is 64.0 cm³/mol. The Morgan fingerprint density at radius 2 is 1.82 bits per heavy atom. The Bertz CT molecular complexity index is 462. The molecule has 1 aromatic heterocycles. The second-order valence-corrected chi connectivity index (χ2v) is 4.29. The van der Waals surface area contributed by atoms with E-state index in [0.717, 1.165) is 29.7 Å². The van der Waals surface area contributed by atoms with E-state index < -0.39 is 0 Å². The molecule has 0 aliphatic heterocycles. The van der Waals surface area contributed by atoms with Gasteiger partial charge in [-0.05, 0) is 25.0 Å². The first kappa shape index (κ1) is 12.2. The van der Waals surface area contributed by atoms with E-state index >= 15 is 0 Å². The Kier molecular flexibility index (Phi) is 3.87. The van der Waals surface area contributed by atoms with E-state index in [2.05, 4.69) is 23.5 Å². The lowest BCUT2D eigenvalue weighted by atomic mass is 10.2. The van der Waals surface area contributed by atoms with Crippen molar-refractivity contribution in [3.05, 3.63) is 48.2 Å². The van der Waals surface area contributed by atoms with E-state index in [4.69, 9.17) is 4.42 Å². The molecule has 0 amide bonds. The third-order valence-electron chi connectivity index (χ3n) is 2.86. The molecule has 0 radical (unpaired) electrons. The maximum Gasteiger partial charge on any atom is 0.134 e. The van der Waals surface area contributed by atoms with Crippen molar-refractivity contribution in [3.63, 3.8) is 0 Å². The summed E-state index contributed by atoms with van der Waals surface area (Å²) in [6.45, 7) is 0.845. The quantitative estimate of drug-likeness (QED) is 0.837. The molecular weight excluding hydrogens is 234 g/mol. The van der Waals surface area contributed by atoms with Crippen molar-refractivity contribution >= 4 is 0 Å². The van der Waals surface area contributed by atoms with Crippen LogP contribution < -0.4 is 17.7 Å². The van der Waals surface area contributed by atoms with Crippen LogP contribution in [0.1, 0.15) is 18.6 Å². The maximum atomic E-state index is 5.79. The van der Waals surface area contributed by atoms with E-state index in [1.165, 1.54) is 12.8 Å². The number of halogens is 1. The first-order valence-corrected chi connectivity index (χ1v) is 5.79. The summed E-state index contributed by atoms with van der Waals surface area (Å²) in [7, 11) is 0. The van der Waals surface area contributed by atoms with Gasteiger partial charge in [0.15, 0.2) is 0 Å². The van der Waals surface area contributed by atoms with Gasteiger partial charge in [-0.1, -0.05) is 30.3 Å². The minimum Gasteiger partial charge on any atom is -1.00 e. The zero-order valence-electron chi connectivity index (χ0n) is 9.53. The number of furan rings is 1. The van der Waals surface area contributed by atoms with Crippen molar-refractivity contribution in [2.45, 2.75) is 25.4 Å². The van der Waals surface area contributed by atoms with E-state index in [1.54, 1.807) is 0 Å². The van der Waals surface area contributed by atoms with Crippen LogP contribution in [0.15, 0.2) is 46.9 Å². The lowest BCUT2D eigenvalue weighted by Gasteiger charge is -1.99. The SMILES string of the molecule is [Cl-].c1ccc(-c2ccc(CNC3CC3)o2)cc1. The summed E-state index contributed by atoms with van der Waals surface area (Å²) in [5.41, 5.74) is 1.14. The van der Waals surface area contributed by atoms with Crippen LogP contribution in [-0.4, -0.2) is 6.04 Å². The van der Waals surface area contributed by atoms with Gasteiger partial charge >= 0.3 is 0 Å². The Hall–Kier alpha value is -1.25. The Balaban J connectivity index is 0.00000108. The second-order valence-electron chi connectivity index (χ2n) is 4.29. The summed E-state index contributed by atoms with van der Waals surface area (Å²) in [6.07, 6.45) is 2.62. The van der Waals surface area contributed by atoms with Crippen LogP contribution in [0.25, 0.3) is 11.3 Å².